The second kappa shape index (κ2) is 14.0. The minimum absolute atomic E-state index is 0. The molecular formula is C32H40F2N4O9. The van der Waals surface area contributed by atoms with E-state index in [4.69, 9.17) is 23.8 Å². The SMILES string of the molecule is COC1=NO[C@@]2(CC[C@H](C)N3C[C@H]2n2cc(C(=O)NCc4ccc(F)cc4F)c(=O)c(OCOC(=O)OCCCC(C)C)c2C3=O)C1.[HH]. The third kappa shape index (κ3) is 7.03. The highest BCUT2D eigenvalue weighted by atomic mass is 19.1. The van der Waals surface area contributed by atoms with Gasteiger partial charge in [0.2, 0.25) is 23.9 Å². The molecule has 3 atom stereocenters. The van der Waals surface area contributed by atoms with Crippen molar-refractivity contribution in [1.29, 1.82) is 0 Å². The number of carbonyl (C=O) groups excluding carboxylic acids is 3. The van der Waals surface area contributed by atoms with Crippen molar-refractivity contribution in [2.45, 2.75) is 77.1 Å². The number of nitrogens with zero attached hydrogens (tertiary/aromatic N) is 3. The number of rotatable bonds is 10. The summed E-state index contributed by atoms with van der Waals surface area (Å²) in [6.07, 6.45) is 2.97. The van der Waals surface area contributed by atoms with E-state index in [0.29, 0.717) is 37.1 Å². The first-order chi connectivity index (χ1) is 22.4. The molecule has 0 saturated carbocycles. The number of fused-ring (bicyclic) bond motifs is 5. The Kier molecular flexibility index (Phi) is 10.0. The van der Waals surface area contributed by atoms with Gasteiger partial charge in [0.15, 0.2) is 11.3 Å². The Morgan fingerprint density at radius 2 is 2.02 bits per heavy atom. The van der Waals surface area contributed by atoms with Crippen molar-refractivity contribution >= 4 is 23.9 Å². The molecule has 1 aromatic carbocycles. The Bertz CT molecular complexity index is 1640. The van der Waals surface area contributed by atoms with Crippen LogP contribution in [0.15, 0.2) is 34.3 Å². The molecule has 1 fully saturated rings. The van der Waals surface area contributed by atoms with Crippen molar-refractivity contribution in [3.63, 3.8) is 0 Å². The van der Waals surface area contributed by atoms with Crippen LogP contribution in [0.3, 0.4) is 0 Å². The van der Waals surface area contributed by atoms with Crippen LogP contribution in [0.1, 0.15) is 86.8 Å². The third-order valence-corrected chi connectivity index (χ3v) is 8.73. The zero-order valence-electron chi connectivity index (χ0n) is 26.7. The summed E-state index contributed by atoms with van der Waals surface area (Å²) in [5, 5.41) is 6.57. The number of methoxy groups -OCH3 is 1. The van der Waals surface area contributed by atoms with Crippen molar-refractivity contribution in [3.8, 4) is 5.75 Å². The highest BCUT2D eigenvalue weighted by molar-refractivity contribution is 5.99. The number of hydrogen-bond donors (Lipinski definition) is 1. The van der Waals surface area contributed by atoms with Gasteiger partial charge < -0.3 is 38.6 Å². The third-order valence-electron chi connectivity index (χ3n) is 8.73. The maximum atomic E-state index is 14.3. The molecule has 0 aliphatic carbocycles. The van der Waals surface area contributed by atoms with E-state index in [1.165, 1.54) is 23.9 Å². The smallest absolute Gasteiger partial charge is 0.482 e. The molecule has 0 unspecified atom stereocenters. The van der Waals surface area contributed by atoms with Crippen LogP contribution in [0.5, 0.6) is 5.75 Å². The number of oxime groups is 1. The van der Waals surface area contributed by atoms with Crippen molar-refractivity contribution in [1.82, 2.24) is 14.8 Å². The molecule has 3 aliphatic rings. The Labute approximate surface area is 271 Å². The Hall–Kier alpha value is -4.69. The summed E-state index contributed by atoms with van der Waals surface area (Å²) in [5.74, 6) is -2.84. The number of benzene rings is 1. The first kappa shape index (κ1) is 33.7. The number of pyridine rings is 1. The molecule has 47 heavy (non-hydrogen) atoms. The predicted octanol–water partition coefficient (Wildman–Crippen LogP) is 4.53. The van der Waals surface area contributed by atoms with Crippen molar-refractivity contribution < 1.29 is 48.4 Å². The number of amides is 2. The average Bonchev–Trinajstić information content (AvgIpc) is 3.41. The largest absolute Gasteiger partial charge is 0.511 e. The maximum Gasteiger partial charge on any atom is 0.511 e. The van der Waals surface area contributed by atoms with Crippen LogP contribution < -0.4 is 15.5 Å². The first-order valence-electron chi connectivity index (χ1n) is 15.5. The molecule has 15 heteroatoms. The van der Waals surface area contributed by atoms with Gasteiger partial charge in [0.05, 0.1) is 26.2 Å². The van der Waals surface area contributed by atoms with Gasteiger partial charge >= 0.3 is 6.16 Å². The summed E-state index contributed by atoms with van der Waals surface area (Å²) in [6, 6.07) is 2.00. The Morgan fingerprint density at radius 3 is 2.72 bits per heavy atom. The molecule has 1 N–H and O–H groups in total. The molecule has 1 spiro atoms. The van der Waals surface area contributed by atoms with Crippen LogP contribution in [-0.4, -0.2) is 72.0 Å². The fraction of sp³-hybridized carbons (Fsp3) is 0.531. The van der Waals surface area contributed by atoms with E-state index in [1.54, 1.807) is 4.90 Å². The van der Waals surface area contributed by atoms with Gasteiger partial charge in [0, 0.05) is 38.4 Å². The summed E-state index contributed by atoms with van der Waals surface area (Å²) < 4.78 is 50.3. The van der Waals surface area contributed by atoms with Crippen LogP contribution in [0.2, 0.25) is 0 Å². The normalized spacial score (nSPS) is 21.5. The number of ether oxygens (including phenoxy) is 4. The topological polar surface area (TPSA) is 147 Å². The standard InChI is InChI=1S/C32H38F2N4O9.H2/c1-18(2)6-5-11-44-31(42)46-17-45-28-26-30(41)37-16-24(32(10-9-19(37)3)13-25(43-4)36-47-32)38(26)15-22(27(28)39)29(40)35-14-20-7-8-21(33)12-23(20)34;/h7-8,12,15,18-19,24H,5-6,9-11,13-14,16-17H2,1-4H3,(H,35,40);1H/t19-,24+,32-;/m0./s1. The summed E-state index contributed by atoms with van der Waals surface area (Å²) in [5.41, 5.74) is -2.55. The van der Waals surface area contributed by atoms with Gasteiger partial charge in [-0.3, -0.25) is 14.4 Å². The van der Waals surface area contributed by atoms with E-state index in [1.807, 2.05) is 20.8 Å². The molecule has 1 saturated heterocycles. The highest BCUT2D eigenvalue weighted by Crippen LogP contribution is 2.46. The van der Waals surface area contributed by atoms with Crippen LogP contribution in [0.4, 0.5) is 13.6 Å². The van der Waals surface area contributed by atoms with Gasteiger partial charge in [0.1, 0.15) is 17.2 Å². The van der Waals surface area contributed by atoms with Gasteiger partial charge in [0.25, 0.3) is 11.8 Å². The van der Waals surface area contributed by atoms with Crippen molar-refractivity contribution in [2.75, 3.05) is 27.1 Å². The van der Waals surface area contributed by atoms with Gasteiger partial charge in [-0.2, -0.15) is 0 Å². The molecule has 2 amide bonds. The van der Waals surface area contributed by atoms with Crippen LogP contribution >= 0.6 is 0 Å². The lowest BCUT2D eigenvalue weighted by molar-refractivity contribution is -0.0658. The molecule has 2 bridgehead atoms. The second-order valence-corrected chi connectivity index (χ2v) is 12.3. The Balaban J connectivity index is 0.00000520. The monoisotopic (exact) mass is 662 g/mol. The number of nitrogens with one attached hydrogen (secondary N) is 1. The molecular weight excluding hydrogens is 622 g/mol. The minimum Gasteiger partial charge on any atom is -0.482 e. The fourth-order valence-corrected chi connectivity index (χ4v) is 6.07. The van der Waals surface area contributed by atoms with E-state index in [0.717, 1.165) is 12.5 Å². The van der Waals surface area contributed by atoms with Gasteiger partial charge in [-0.1, -0.05) is 25.1 Å². The maximum absolute atomic E-state index is 14.3. The average molecular weight is 663 g/mol. The van der Waals surface area contributed by atoms with E-state index in [-0.39, 0.29) is 44.8 Å². The summed E-state index contributed by atoms with van der Waals surface area (Å²) in [4.78, 5) is 61.1. The molecule has 256 valence electrons. The summed E-state index contributed by atoms with van der Waals surface area (Å²) in [6.45, 7) is 5.11. The minimum atomic E-state index is -1.03. The molecule has 0 radical (unpaired) electrons. The predicted molar refractivity (Wildman–Crippen MR) is 164 cm³/mol. The molecule has 3 aliphatic heterocycles. The quantitative estimate of drug-likeness (QED) is 0.220. The number of carbonyl (C=O) groups is 3. The van der Waals surface area contributed by atoms with Crippen LogP contribution in [0, 0.1) is 17.6 Å². The van der Waals surface area contributed by atoms with Gasteiger partial charge in [-0.15, -0.1) is 0 Å². The summed E-state index contributed by atoms with van der Waals surface area (Å²) >= 11 is 0. The highest BCUT2D eigenvalue weighted by Gasteiger charge is 2.55. The van der Waals surface area contributed by atoms with Gasteiger partial charge in [-0.25, -0.2) is 13.6 Å². The Morgan fingerprint density at radius 1 is 1.23 bits per heavy atom. The van der Waals surface area contributed by atoms with Gasteiger partial charge in [-0.05, 0) is 44.6 Å². The fourth-order valence-electron chi connectivity index (χ4n) is 6.07. The van der Waals surface area contributed by atoms with Crippen molar-refractivity contribution in [2.24, 2.45) is 11.1 Å². The number of hydrogen-bond acceptors (Lipinski definition) is 10. The zero-order valence-corrected chi connectivity index (χ0v) is 26.7. The van der Waals surface area contributed by atoms with Crippen molar-refractivity contribution in [3.05, 3.63) is 63.1 Å². The number of aromatic nitrogens is 1. The summed E-state index contributed by atoms with van der Waals surface area (Å²) in [7, 11) is 1.47. The van der Waals surface area contributed by atoms with E-state index in [2.05, 4.69) is 10.5 Å². The van der Waals surface area contributed by atoms with E-state index < -0.39 is 64.8 Å². The second-order valence-electron chi connectivity index (χ2n) is 12.3. The lowest BCUT2D eigenvalue weighted by atomic mass is 9.85. The van der Waals surface area contributed by atoms with E-state index in [9.17, 15) is 28.0 Å². The molecule has 4 heterocycles. The lowest BCUT2D eigenvalue weighted by Gasteiger charge is -2.42. The van der Waals surface area contributed by atoms with Crippen LogP contribution in [-0.2, 0) is 25.6 Å². The first-order valence-corrected chi connectivity index (χ1v) is 15.5. The van der Waals surface area contributed by atoms with E-state index >= 15 is 0 Å². The molecule has 13 nitrogen and oxygen atoms in total. The lowest BCUT2D eigenvalue weighted by Crippen LogP contribution is -2.52. The number of halogens is 2. The van der Waals surface area contributed by atoms with Crippen LogP contribution in [0.25, 0.3) is 0 Å². The molecule has 5 rings (SSSR count). The molecule has 2 aromatic rings. The molecule has 1 aromatic heterocycles. The zero-order chi connectivity index (χ0) is 33.9.